The van der Waals surface area contributed by atoms with E-state index in [4.69, 9.17) is 30.9 Å². The monoisotopic (exact) mass is 842 g/mol. The zero-order chi connectivity index (χ0) is 42.7. The Morgan fingerprint density at radius 1 is 1.00 bits per heavy atom. The van der Waals surface area contributed by atoms with Gasteiger partial charge in [0.15, 0.2) is 22.6 Å². The van der Waals surface area contributed by atoms with Crippen molar-refractivity contribution in [2.75, 3.05) is 31.7 Å². The molecule has 3 aromatic rings. The molecule has 0 spiro atoms. The number of aliphatic hydroxyl groups is 1. The molecule has 16 heteroatoms. The maximum absolute atomic E-state index is 15.1. The zero-order valence-electron chi connectivity index (χ0n) is 35.0. The van der Waals surface area contributed by atoms with Crippen LogP contribution in [0.25, 0.3) is 11.2 Å². The van der Waals surface area contributed by atoms with Gasteiger partial charge < -0.3 is 29.6 Å². The zero-order valence-corrected chi connectivity index (χ0v) is 35.9. The minimum atomic E-state index is -4.21. The highest BCUT2D eigenvalue weighted by Crippen LogP contribution is 2.48. The average molecular weight is 843 g/mol. The van der Waals surface area contributed by atoms with Gasteiger partial charge in [0.25, 0.3) is 7.52 Å². The van der Waals surface area contributed by atoms with Crippen LogP contribution in [0.4, 0.5) is 10.2 Å². The third kappa shape index (κ3) is 14.6. The lowest BCUT2D eigenvalue weighted by atomic mass is 9.99. The SMILES string of the molecule is C#C[C@]1(COP(=O)(C[C@@H](C)C(=O)OCCCCCCCCC)N[C@@H](Cc2ccccc2)C(=O)OCCCCCCCCC)O[C@@H](n2cnc3c(N)nc(F)nc32)C[C@@H]1O. The Morgan fingerprint density at radius 2 is 1.59 bits per heavy atom. The molecule has 0 aliphatic carbocycles. The first-order valence-corrected chi connectivity index (χ1v) is 23.1. The first kappa shape index (κ1) is 47.7. The summed E-state index contributed by atoms with van der Waals surface area (Å²) in [6.45, 7) is 5.74. The highest BCUT2D eigenvalue weighted by molar-refractivity contribution is 7.57. The summed E-state index contributed by atoms with van der Waals surface area (Å²) in [5, 5.41) is 14.3. The van der Waals surface area contributed by atoms with Crippen molar-refractivity contribution in [2.24, 2.45) is 5.92 Å². The Morgan fingerprint density at radius 3 is 2.20 bits per heavy atom. The van der Waals surface area contributed by atoms with Crippen LogP contribution in [0.3, 0.4) is 0 Å². The number of nitrogens with zero attached hydrogens (tertiary/aromatic N) is 4. The van der Waals surface area contributed by atoms with Crippen LogP contribution in [0, 0.1) is 24.3 Å². The fourth-order valence-electron chi connectivity index (χ4n) is 7.10. The lowest BCUT2D eigenvalue weighted by molar-refractivity contribution is -0.147. The number of unbranched alkanes of at least 4 members (excludes halogenated alkanes) is 12. The van der Waals surface area contributed by atoms with Crippen molar-refractivity contribution in [1.29, 1.82) is 0 Å². The minimum absolute atomic E-state index is 0.0240. The summed E-state index contributed by atoms with van der Waals surface area (Å²) >= 11 is 0. The van der Waals surface area contributed by atoms with Crippen molar-refractivity contribution < 1.29 is 42.4 Å². The van der Waals surface area contributed by atoms with E-state index in [0.717, 1.165) is 50.5 Å². The van der Waals surface area contributed by atoms with Crippen LogP contribution in [0.1, 0.15) is 129 Å². The molecule has 0 amide bonds. The van der Waals surface area contributed by atoms with E-state index in [-0.39, 0.29) is 49.2 Å². The van der Waals surface area contributed by atoms with Crippen molar-refractivity contribution in [3.63, 3.8) is 0 Å². The van der Waals surface area contributed by atoms with Gasteiger partial charge in [-0.1, -0.05) is 134 Å². The van der Waals surface area contributed by atoms with Crippen molar-refractivity contribution in [3.8, 4) is 12.3 Å². The van der Waals surface area contributed by atoms with Crippen LogP contribution in [0.2, 0.25) is 0 Å². The minimum Gasteiger partial charge on any atom is -0.465 e. The van der Waals surface area contributed by atoms with Gasteiger partial charge in [-0.25, -0.2) is 10.1 Å². The standard InChI is InChI=1S/C43H64FN6O8P/c1-5-8-10-12-14-16-21-25-55-40(52)32(4)29-59(54,49-34(27-33-23-19-18-20-24-33)41(53)56-26-22-17-15-13-11-9-6-2)57-30-43(7-3)35(51)28-36(58-43)50-31-46-37-38(45)47-42(44)48-39(37)50/h3,18-20,23-24,31-32,34-36,51H,5-6,8-17,21-22,25-30H2,1-2,4H3,(H,49,54)(H2,45,47,48)/t32-,34+,35+,36-,43-,59?/m1/s1. The molecule has 6 atom stereocenters. The first-order chi connectivity index (χ1) is 28.4. The van der Waals surface area contributed by atoms with E-state index < -0.39 is 62.0 Å². The number of carbonyl (C=O) groups excluding carboxylic acids is 2. The highest BCUT2D eigenvalue weighted by atomic mass is 31.2. The number of fused-ring (bicyclic) bond motifs is 1. The molecular formula is C43H64FN6O8P. The fraction of sp³-hybridized carbons (Fsp3) is 0.651. The van der Waals surface area contributed by atoms with Crippen LogP contribution in [-0.2, 0) is 39.3 Å². The second-order valence-corrected chi connectivity index (χ2v) is 17.8. The molecular weight excluding hydrogens is 778 g/mol. The third-order valence-electron chi connectivity index (χ3n) is 10.6. The van der Waals surface area contributed by atoms with Gasteiger partial charge in [0.05, 0.1) is 38.2 Å². The van der Waals surface area contributed by atoms with Gasteiger partial charge in [-0.05, 0) is 24.8 Å². The Balaban J connectivity index is 1.52. The maximum atomic E-state index is 15.1. The Bertz CT molecular complexity index is 1840. The van der Waals surface area contributed by atoms with Crippen molar-refractivity contribution in [1.82, 2.24) is 24.6 Å². The van der Waals surface area contributed by atoms with Gasteiger partial charge in [-0.15, -0.1) is 6.42 Å². The number of aliphatic hydroxyl groups excluding tert-OH is 1. The summed E-state index contributed by atoms with van der Waals surface area (Å²) in [6, 6.07) is 8.07. The molecule has 1 aromatic carbocycles. The fourth-order valence-corrected chi connectivity index (χ4v) is 9.33. The number of nitrogens with one attached hydrogen (secondary N) is 1. The molecule has 1 unspecified atom stereocenters. The quantitative estimate of drug-likeness (QED) is 0.0211. The Kier molecular flexibility index (Phi) is 19.7. The number of esters is 2. The normalized spacial score (nSPS) is 19.9. The molecule has 326 valence electrons. The largest absolute Gasteiger partial charge is 0.465 e. The van der Waals surface area contributed by atoms with E-state index in [1.165, 1.54) is 43.0 Å². The number of carbonyl (C=O) groups is 2. The number of nitrogens with two attached hydrogens (primary N) is 1. The number of hydrogen-bond acceptors (Lipinski definition) is 12. The van der Waals surface area contributed by atoms with Crippen molar-refractivity contribution >= 4 is 36.4 Å². The molecule has 2 aromatic heterocycles. The predicted molar refractivity (Wildman–Crippen MR) is 225 cm³/mol. The molecule has 0 bridgehead atoms. The maximum Gasteiger partial charge on any atom is 0.323 e. The van der Waals surface area contributed by atoms with Gasteiger partial charge in [0.1, 0.15) is 18.4 Å². The summed E-state index contributed by atoms with van der Waals surface area (Å²) in [6.07, 6.45) is 18.2. The van der Waals surface area contributed by atoms with E-state index in [0.29, 0.717) is 12.8 Å². The van der Waals surface area contributed by atoms with Crippen LogP contribution in [-0.4, -0.2) is 80.3 Å². The number of imidazole rings is 1. The number of hydrogen-bond donors (Lipinski definition) is 3. The number of ether oxygens (including phenoxy) is 3. The summed E-state index contributed by atoms with van der Waals surface area (Å²) in [5.41, 5.74) is 4.92. The van der Waals surface area contributed by atoms with Crippen LogP contribution in [0.5, 0.6) is 0 Å². The van der Waals surface area contributed by atoms with Crippen molar-refractivity contribution in [3.05, 3.63) is 48.3 Å². The summed E-state index contributed by atoms with van der Waals surface area (Å²) < 4.78 is 54.3. The summed E-state index contributed by atoms with van der Waals surface area (Å²) in [4.78, 5) is 38.5. The van der Waals surface area contributed by atoms with Crippen LogP contribution in [0.15, 0.2) is 36.7 Å². The lowest BCUT2D eigenvalue weighted by Gasteiger charge is -2.31. The number of terminal acetylenes is 1. The van der Waals surface area contributed by atoms with E-state index in [2.05, 4.69) is 39.8 Å². The highest BCUT2D eigenvalue weighted by Gasteiger charge is 2.50. The number of anilines is 1. The molecule has 59 heavy (non-hydrogen) atoms. The molecule has 1 aliphatic heterocycles. The molecule has 0 radical (unpaired) electrons. The molecule has 14 nitrogen and oxygen atoms in total. The number of benzene rings is 1. The molecule has 1 fully saturated rings. The van der Waals surface area contributed by atoms with Gasteiger partial charge in [-0.3, -0.25) is 18.7 Å². The van der Waals surface area contributed by atoms with E-state index >= 15 is 4.57 Å². The predicted octanol–water partition coefficient (Wildman–Crippen LogP) is 7.83. The summed E-state index contributed by atoms with van der Waals surface area (Å²) in [7, 11) is -4.21. The second-order valence-electron chi connectivity index (χ2n) is 15.5. The van der Waals surface area contributed by atoms with Gasteiger partial charge in [0, 0.05) is 6.42 Å². The molecule has 1 saturated heterocycles. The summed E-state index contributed by atoms with van der Waals surface area (Å²) in [5.74, 6) is 0.193. The Labute approximate surface area is 348 Å². The van der Waals surface area contributed by atoms with E-state index in [1.807, 2.05) is 30.3 Å². The second kappa shape index (κ2) is 24.4. The first-order valence-electron chi connectivity index (χ1n) is 21.3. The van der Waals surface area contributed by atoms with Gasteiger partial charge >= 0.3 is 18.0 Å². The van der Waals surface area contributed by atoms with Crippen molar-refractivity contribution in [2.45, 2.75) is 147 Å². The molecule has 0 saturated carbocycles. The third-order valence-corrected chi connectivity index (χ3v) is 12.9. The molecule has 3 heterocycles. The lowest BCUT2D eigenvalue weighted by Crippen LogP contribution is -2.44. The number of aromatic nitrogens is 4. The molecule has 4 rings (SSSR count). The number of nitrogen functional groups attached to an aromatic ring is 1. The van der Waals surface area contributed by atoms with Gasteiger partial charge in [0.2, 0.25) is 0 Å². The number of halogens is 1. The topological polar surface area (TPSA) is 190 Å². The average Bonchev–Trinajstić information content (AvgIpc) is 3.79. The van der Waals surface area contributed by atoms with E-state index in [1.54, 1.807) is 6.92 Å². The van der Waals surface area contributed by atoms with Gasteiger partial charge in [-0.2, -0.15) is 14.4 Å². The van der Waals surface area contributed by atoms with E-state index in [9.17, 15) is 19.1 Å². The smallest absolute Gasteiger partial charge is 0.323 e. The van der Waals surface area contributed by atoms with Crippen LogP contribution < -0.4 is 10.8 Å². The molecule has 1 aliphatic rings. The Hall–Kier alpha value is -3.93. The number of rotatable bonds is 28. The van der Waals surface area contributed by atoms with Crippen LogP contribution >= 0.6 is 7.52 Å². The molecule has 4 N–H and O–H groups in total.